The second-order valence-electron chi connectivity index (χ2n) is 5.16. The Hall–Kier alpha value is -2.34. The first-order valence-electron chi connectivity index (χ1n) is 7.29. The van der Waals surface area contributed by atoms with Crippen molar-refractivity contribution in [3.63, 3.8) is 0 Å². The van der Waals surface area contributed by atoms with E-state index in [-0.39, 0.29) is 6.42 Å². The highest BCUT2D eigenvalue weighted by atomic mass is 16.5. The Balaban J connectivity index is 2.31. The molecule has 0 aliphatic heterocycles. The van der Waals surface area contributed by atoms with Gasteiger partial charge in [0.2, 0.25) is 0 Å². The largest absolute Gasteiger partial charge is 0.480 e. The monoisotopic (exact) mass is 304 g/mol. The molecule has 0 bridgehead atoms. The molecule has 0 saturated heterocycles. The van der Waals surface area contributed by atoms with Crippen molar-refractivity contribution in [2.75, 3.05) is 6.61 Å². The van der Waals surface area contributed by atoms with Crippen LogP contribution in [0.15, 0.2) is 30.5 Å². The van der Waals surface area contributed by atoms with Crippen LogP contribution in [0.2, 0.25) is 0 Å². The second kappa shape index (κ2) is 7.09. The molecule has 0 aliphatic carbocycles. The van der Waals surface area contributed by atoms with Crippen LogP contribution in [0.25, 0.3) is 10.9 Å². The summed E-state index contributed by atoms with van der Waals surface area (Å²) in [5.74, 6) is -1.07. The zero-order chi connectivity index (χ0) is 16.1. The predicted octanol–water partition coefficient (Wildman–Crippen LogP) is 2.38. The number of nitrogens with two attached hydrogens (primary N) is 1. The molecular formula is C16H20N2O4. The summed E-state index contributed by atoms with van der Waals surface area (Å²) >= 11 is 0. The van der Waals surface area contributed by atoms with Crippen LogP contribution in [0.4, 0.5) is 4.79 Å². The third-order valence-corrected chi connectivity index (χ3v) is 3.47. The van der Waals surface area contributed by atoms with Gasteiger partial charge in [-0.1, -0.05) is 31.5 Å². The van der Waals surface area contributed by atoms with Gasteiger partial charge in [0.25, 0.3) is 0 Å². The quantitative estimate of drug-likeness (QED) is 0.799. The number of carboxylic acids is 1. The molecule has 0 radical (unpaired) electrons. The van der Waals surface area contributed by atoms with E-state index in [2.05, 4.69) is 0 Å². The topological polar surface area (TPSA) is 94.5 Å². The molecule has 118 valence electrons. The van der Waals surface area contributed by atoms with E-state index in [0.29, 0.717) is 12.1 Å². The molecule has 3 N–H and O–H groups in total. The first kappa shape index (κ1) is 16.0. The van der Waals surface area contributed by atoms with Gasteiger partial charge in [-0.25, -0.2) is 4.79 Å². The van der Waals surface area contributed by atoms with E-state index in [1.807, 2.05) is 25.1 Å². The first-order chi connectivity index (χ1) is 10.5. The number of ether oxygens (including phenoxy) is 1. The number of aliphatic carboxylic acids is 1. The van der Waals surface area contributed by atoms with E-state index in [0.717, 1.165) is 23.8 Å². The number of benzene rings is 1. The van der Waals surface area contributed by atoms with Crippen molar-refractivity contribution in [3.05, 3.63) is 36.0 Å². The number of hydrogen-bond donors (Lipinski definition) is 2. The van der Waals surface area contributed by atoms with Crippen LogP contribution in [0, 0.1) is 0 Å². The summed E-state index contributed by atoms with van der Waals surface area (Å²) in [6, 6.07) is 6.29. The molecule has 6 heteroatoms. The third-order valence-electron chi connectivity index (χ3n) is 3.47. The molecule has 1 unspecified atom stereocenters. The van der Waals surface area contributed by atoms with E-state index in [4.69, 9.17) is 15.6 Å². The molecule has 1 atom stereocenters. The lowest BCUT2D eigenvalue weighted by Gasteiger charge is -2.05. The molecule has 22 heavy (non-hydrogen) atoms. The van der Waals surface area contributed by atoms with E-state index in [9.17, 15) is 9.59 Å². The molecule has 2 aromatic rings. The van der Waals surface area contributed by atoms with Gasteiger partial charge in [0, 0.05) is 18.0 Å². The number of carbonyl (C=O) groups is 2. The Bertz CT molecular complexity index is 678. The number of para-hydroxylation sites is 1. The number of aromatic nitrogens is 1. The summed E-state index contributed by atoms with van der Waals surface area (Å²) in [6.45, 7) is 2.39. The van der Waals surface area contributed by atoms with Gasteiger partial charge in [-0.3, -0.25) is 9.36 Å². The molecule has 2 rings (SSSR count). The Labute approximate surface area is 128 Å². The number of rotatable bonds is 6. The maximum Gasteiger partial charge on any atom is 0.418 e. The van der Waals surface area contributed by atoms with Crippen LogP contribution in [0.1, 0.15) is 25.3 Å². The highest BCUT2D eigenvalue weighted by Crippen LogP contribution is 2.22. The number of hydrogen-bond acceptors (Lipinski definition) is 4. The van der Waals surface area contributed by atoms with Gasteiger partial charge < -0.3 is 15.6 Å². The molecule has 0 aliphatic rings. The third kappa shape index (κ3) is 3.46. The van der Waals surface area contributed by atoms with E-state index in [1.54, 1.807) is 12.3 Å². The molecule has 0 fully saturated rings. The zero-order valence-corrected chi connectivity index (χ0v) is 12.5. The number of fused-ring (bicyclic) bond motifs is 1. The summed E-state index contributed by atoms with van der Waals surface area (Å²) in [7, 11) is 0. The average molecular weight is 304 g/mol. The van der Waals surface area contributed by atoms with E-state index < -0.39 is 18.1 Å². The molecule has 1 aromatic carbocycles. The SMILES string of the molecule is CCCCOC(=O)n1cc(CC(N)C(=O)O)c2ccccc21. The molecule has 6 nitrogen and oxygen atoms in total. The second-order valence-corrected chi connectivity index (χ2v) is 5.16. The average Bonchev–Trinajstić information content (AvgIpc) is 2.86. The summed E-state index contributed by atoms with van der Waals surface area (Å²) in [6.07, 6.45) is 3.06. The van der Waals surface area contributed by atoms with Gasteiger partial charge in [-0.15, -0.1) is 0 Å². The molecule has 0 amide bonds. The van der Waals surface area contributed by atoms with Gasteiger partial charge in [0.05, 0.1) is 12.1 Å². The van der Waals surface area contributed by atoms with Crippen LogP contribution >= 0.6 is 0 Å². The van der Waals surface area contributed by atoms with Crippen LogP contribution in [0.3, 0.4) is 0 Å². The first-order valence-corrected chi connectivity index (χ1v) is 7.29. The lowest BCUT2D eigenvalue weighted by molar-refractivity contribution is -0.138. The van der Waals surface area contributed by atoms with E-state index in [1.165, 1.54) is 4.57 Å². The maximum atomic E-state index is 12.2. The fourth-order valence-electron chi connectivity index (χ4n) is 2.26. The molecular weight excluding hydrogens is 284 g/mol. The molecule has 0 saturated carbocycles. The number of carbonyl (C=O) groups excluding carboxylic acids is 1. The van der Waals surface area contributed by atoms with Crippen molar-refractivity contribution in [1.29, 1.82) is 0 Å². The zero-order valence-electron chi connectivity index (χ0n) is 12.5. The fourth-order valence-corrected chi connectivity index (χ4v) is 2.26. The van der Waals surface area contributed by atoms with E-state index >= 15 is 0 Å². The lowest BCUT2D eigenvalue weighted by Crippen LogP contribution is -2.32. The van der Waals surface area contributed by atoms with Crippen LogP contribution in [-0.2, 0) is 16.0 Å². The van der Waals surface area contributed by atoms with Crippen molar-refractivity contribution in [2.24, 2.45) is 5.73 Å². The highest BCUT2D eigenvalue weighted by Gasteiger charge is 2.19. The minimum Gasteiger partial charge on any atom is -0.480 e. The minimum absolute atomic E-state index is 0.158. The molecule has 1 aromatic heterocycles. The van der Waals surface area contributed by atoms with Crippen LogP contribution < -0.4 is 5.73 Å². The fraction of sp³-hybridized carbons (Fsp3) is 0.375. The predicted molar refractivity (Wildman–Crippen MR) is 82.9 cm³/mol. The summed E-state index contributed by atoms with van der Waals surface area (Å²) in [5.41, 5.74) is 7.01. The van der Waals surface area contributed by atoms with Gasteiger partial charge >= 0.3 is 12.1 Å². The Morgan fingerprint density at radius 2 is 2.09 bits per heavy atom. The maximum absolute atomic E-state index is 12.2. The molecule has 1 heterocycles. The Morgan fingerprint density at radius 1 is 1.36 bits per heavy atom. The van der Waals surface area contributed by atoms with Crippen molar-refractivity contribution < 1.29 is 19.4 Å². The van der Waals surface area contributed by atoms with Crippen molar-refractivity contribution in [1.82, 2.24) is 4.57 Å². The van der Waals surface area contributed by atoms with Gasteiger partial charge in [0.1, 0.15) is 6.04 Å². The number of carboxylic acid groups (broad SMARTS) is 1. The highest BCUT2D eigenvalue weighted by molar-refractivity contribution is 5.92. The normalized spacial score (nSPS) is 12.3. The summed E-state index contributed by atoms with van der Waals surface area (Å²) < 4.78 is 6.63. The minimum atomic E-state index is -1.07. The van der Waals surface area contributed by atoms with Crippen molar-refractivity contribution >= 4 is 23.0 Å². The Morgan fingerprint density at radius 3 is 2.77 bits per heavy atom. The van der Waals surface area contributed by atoms with Gasteiger partial charge in [0.15, 0.2) is 0 Å². The van der Waals surface area contributed by atoms with Crippen molar-refractivity contribution in [3.8, 4) is 0 Å². The van der Waals surface area contributed by atoms with Crippen LogP contribution in [-0.4, -0.2) is 34.4 Å². The lowest BCUT2D eigenvalue weighted by atomic mass is 10.1. The number of unbranched alkanes of at least 4 members (excludes halogenated alkanes) is 1. The smallest absolute Gasteiger partial charge is 0.418 e. The number of nitrogens with zero attached hydrogens (tertiary/aromatic N) is 1. The summed E-state index contributed by atoms with van der Waals surface area (Å²) in [4.78, 5) is 23.1. The molecule has 0 spiro atoms. The van der Waals surface area contributed by atoms with Crippen molar-refractivity contribution in [2.45, 2.75) is 32.2 Å². The summed E-state index contributed by atoms with van der Waals surface area (Å²) in [5, 5.41) is 9.76. The van der Waals surface area contributed by atoms with Gasteiger partial charge in [-0.2, -0.15) is 0 Å². The van der Waals surface area contributed by atoms with Gasteiger partial charge in [-0.05, 0) is 18.1 Å². The van der Waals surface area contributed by atoms with Crippen LogP contribution in [0.5, 0.6) is 0 Å². The standard InChI is InChI=1S/C16H20N2O4/c1-2-3-8-22-16(21)18-10-11(9-13(17)15(19)20)12-6-4-5-7-14(12)18/h4-7,10,13H,2-3,8-9,17H2,1H3,(H,19,20). The Kier molecular flexibility index (Phi) is 5.16.